The number of nitrogens with zero attached hydrogens (tertiary/aromatic N) is 2. The van der Waals surface area contributed by atoms with Gasteiger partial charge in [0.05, 0.1) is 26.5 Å². The van der Waals surface area contributed by atoms with Crippen molar-refractivity contribution in [1.29, 1.82) is 0 Å². The maximum Gasteiger partial charge on any atom is 0.226 e. The van der Waals surface area contributed by atoms with E-state index in [-0.39, 0.29) is 11.8 Å². The third-order valence-electron chi connectivity index (χ3n) is 5.47. The first kappa shape index (κ1) is 23.3. The van der Waals surface area contributed by atoms with Gasteiger partial charge in [0.15, 0.2) is 11.5 Å². The van der Waals surface area contributed by atoms with Crippen molar-refractivity contribution in [2.75, 3.05) is 34.5 Å². The fraction of sp³-hybridized carbons (Fsp3) is 0.565. The Kier molecular flexibility index (Phi) is 8.97. The number of hydrogen-bond acceptors (Lipinski definition) is 7. The summed E-state index contributed by atoms with van der Waals surface area (Å²) in [5, 5.41) is 2.84. The van der Waals surface area contributed by atoms with Crippen molar-refractivity contribution >= 4 is 17.2 Å². The molecule has 7 nitrogen and oxygen atoms in total. The zero-order chi connectivity index (χ0) is 22.1. The Balaban J connectivity index is 1.63. The molecule has 0 N–H and O–H groups in total. The van der Waals surface area contributed by atoms with Crippen LogP contribution in [-0.2, 0) is 22.7 Å². The first-order chi connectivity index (χ1) is 15.2. The van der Waals surface area contributed by atoms with Gasteiger partial charge in [0.1, 0.15) is 11.6 Å². The highest BCUT2D eigenvalue weighted by molar-refractivity contribution is 7.09. The Morgan fingerprint density at radius 2 is 1.87 bits per heavy atom. The van der Waals surface area contributed by atoms with Gasteiger partial charge in [0.25, 0.3) is 0 Å². The van der Waals surface area contributed by atoms with Crippen molar-refractivity contribution in [3.05, 3.63) is 34.3 Å². The molecule has 1 saturated carbocycles. The van der Waals surface area contributed by atoms with Crippen LogP contribution >= 0.6 is 11.3 Å². The van der Waals surface area contributed by atoms with Crippen LogP contribution in [0.25, 0.3) is 0 Å². The summed E-state index contributed by atoms with van der Waals surface area (Å²) < 4.78 is 21.9. The number of aromatic nitrogens is 1. The van der Waals surface area contributed by atoms with Crippen LogP contribution in [0.1, 0.15) is 42.8 Å². The maximum atomic E-state index is 13.0. The fourth-order valence-corrected chi connectivity index (χ4v) is 4.57. The normalized spacial score (nSPS) is 13.9. The van der Waals surface area contributed by atoms with E-state index in [0.717, 1.165) is 42.8 Å². The SMILES string of the molecule is COCCCN(Cc1csc(COc2c(OC)cccc2OC)n1)C(=O)C1CCCC1. The third kappa shape index (κ3) is 6.33. The van der Waals surface area contributed by atoms with Gasteiger partial charge in [-0.3, -0.25) is 4.79 Å². The molecular weight excluding hydrogens is 416 g/mol. The first-order valence-electron chi connectivity index (χ1n) is 10.7. The van der Waals surface area contributed by atoms with Crippen LogP contribution in [0.5, 0.6) is 17.2 Å². The molecule has 0 unspecified atom stereocenters. The van der Waals surface area contributed by atoms with Gasteiger partial charge in [0, 0.05) is 31.6 Å². The molecule has 3 rings (SSSR count). The lowest BCUT2D eigenvalue weighted by Gasteiger charge is -2.25. The van der Waals surface area contributed by atoms with E-state index in [1.807, 2.05) is 28.5 Å². The smallest absolute Gasteiger partial charge is 0.226 e. The first-order valence-corrected chi connectivity index (χ1v) is 11.6. The Morgan fingerprint density at radius 3 is 2.52 bits per heavy atom. The van der Waals surface area contributed by atoms with E-state index in [1.54, 1.807) is 21.3 Å². The van der Waals surface area contributed by atoms with Crippen LogP contribution in [0, 0.1) is 5.92 Å². The minimum Gasteiger partial charge on any atom is -0.493 e. The van der Waals surface area contributed by atoms with Crippen molar-refractivity contribution in [1.82, 2.24) is 9.88 Å². The lowest BCUT2D eigenvalue weighted by molar-refractivity contribution is -0.136. The number of amides is 1. The summed E-state index contributed by atoms with van der Waals surface area (Å²) in [7, 11) is 4.89. The molecule has 0 aliphatic heterocycles. The number of hydrogen-bond donors (Lipinski definition) is 0. The van der Waals surface area contributed by atoms with E-state index >= 15 is 0 Å². The molecule has 1 amide bonds. The largest absolute Gasteiger partial charge is 0.493 e. The zero-order valence-corrected chi connectivity index (χ0v) is 19.4. The van der Waals surface area contributed by atoms with Gasteiger partial charge < -0.3 is 23.8 Å². The summed E-state index contributed by atoms with van der Waals surface area (Å²) in [6.45, 7) is 2.16. The second-order valence-electron chi connectivity index (χ2n) is 7.60. The summed E-state index contributed by atoms with van der Waals surface area (Å²) in [5.41, 5.74) is 0.888. The lowest BCUT2D eigenvalue weighted by Crippen LogP contribution is -2.36. The Bertz CT molecular complexity index is 813. The van der Waals surface area contributed by atoms with Crippen molar-refractivity contribution in [2.45, 2.75) is 45.3 Å². The summed E-state index contributed by atoms with van der Waals surface area (Å²) >= 11 is 1.53. The van der Waals surface area contributed by atoms with E-state index in [4.69, 9.17) is 23.9 Å². The number of rotatable bonds is 12. The van der Waals surface area contributed by atoms with Gasteiger partial charge in [-0.25, -0.2) is 4.98 Å². The molecule has 0 saturated heterocycles. The summed E-state index contributed by atoms with van der Waals surface area (Å²) in [5.74, 6) is 2.19. The molecule has 0 bridgehead atoms. The van der Waals surface area contributed by atoms with Crippen molar-refractivity contribution in [2.24, 2.45) is 5.92 Å². The molecule has 1 fully saturated rings. The van der Waals surface area contributed by atoms with Crippen molar-refractivity contribution < 1.29 is 23.7 Å². The fourth-order valence-electron chi connectivity index (χ4n) is 3.87. The van der Waals surface area contributed by atoms with Gasteiger partial charge in [-0.2, -0.15) is 0 Å². The molecule has 1 aromatic carbocycles. The van der Waals surface area contributed by atoms with Gasteiger partial charge in [-0.15, -0.1) is 11.3 Å². The van der Waals surface area contributed by atoms with Gasteiger partial charge in [-0.1, -0.05) is 18.9 Å². The second-order valence-corrected chi connectivity index (χ2v) is 8.54. The number of benzene rings is 1. The molecule has 1 aliphatic rings. The topological polar surface area (TPSA) is 70.1 Å². The van der Waals surface area contributed by atoms with Crippen LogP contribution in [0.4, 0.5) is 0 Å². The van der Waals surface area contributed by atoms with Crippen LogP contribution in [0.3, 0.4) is 0 Å². The molecular formula is C23H32N2O5S. The van der Waals surface area contributed by atoms with Crippen LogP contribution < -0.4 is 14.2 Å². The minimum atomic E-state index is 0.155. The molecule has 1 aromatic heterocycles. The monoisotopic (exact) mass is 448 g/mol. The van der Waals surface area contributed by atoms with Crippen molar-refractivity contribution in [3.63, 3.8) is 0 Å². The molecule has 1 heterocycles. The highest BCUT2D eigenvalue weighted by Gasteiger charge is 2.27. The average molecular weight is 449 g/mol. The number of ether oxygens (including phenoxy) is 4. The van der Waals surface area contributed by atoms with Crippen LogP contribution in [0.15, 0.2) is 23.6 Å². The van der Waals surface area contributed by atoms with E-state index in [2.05, 4.69) is 0 Å². The number of carbonyl (C=O) groups excluding carboxylic acids is 1. The minimum absolute atomic E-state index is 0.155. The Labute approximate surface area is 188 Å². The lowest BCUT2D eigenvalue weighted by atomic mass is 10.1. The highest BCUT2D eigenvalue weighted by Crippen LogP contribution is 2.37. The standard InChI is InChI=1S/C23H32N2O5S/c1-27-13-7-12-25(23(26)17-8-4-5-9-17)14-18-16-31-21(24-18)15-30-22-19(28-2)10-6-11-20(22)29-3/h6,10-11,16-17H,4-5,7-9,12-15H2,1-3H3. The Hall–Kier alpha value is -2.32. The molecule has 8 heteroatoms. The van der Waals surface area contributed by atoms with Gasteiger partial charge >= 0.3 is 0 Å². The van der Waals surface area contributed by atoms with Gasteiger partial charge in [-0.05, 0) is 31.4 Å². The number of methoxy groups -OCH3 is 3. The second kappa shape index (κ2) is 11.9. The average Bonchev–Trinajstić information content (AvgIpc) is 3.48. The summed E-state index contributed by atoms with van der Waals surface area (Å²) in [4.78, 5) is 19.7. The zero-order valence-electron chi connectivity index (χ0n) is 18.6. The molecule has 170 valence electrons. The van der Waals surface area contributed by atoms with E-state index in [0.29, 0.717) is 43.6 Å². The van der Waals surface area contributed by atoms with E-state index in [9.17, 15) is 4.79 Å². The maximum absolute atomic E-state index is 13.0. The van der Waals surface area contributed by atoms with Crippen molar-refractivity contribution in [3.8, 4) is 17.2 Å². The Morgan fingerprint density at radius 1 is 1.16 bits per heavy atom. The summed E-state index contributed by atoms with van der Waals surface area (Å²) in [6.07, 6.45) is 5.11. The van der Waals surface area contributed by atoms with Crippen LogP contribution in [-0.4, -0.2) is 50.3 Å². The molecule has 0 spiro atoms. The van der Waals surface area contributed by atoms with Crippen LogP contribution in [0.2, 0.25) is 0 Å². The highest BCUT2D eigenvalue weighted by atomic mass is 32.1. The van der Waals surface area contributed by atoms with E-state index < -0.39 is 0 Å². The quantitative estimate of drug-likeness (QED) is 0.451. The molecule has 31 heavy (non-hydrogen) atoms. The number of thiazole rings is 1. The predicted molar refractivity (Wildman–Crippen MR) is 120 cm³/mol. The molecule has 1 aliphatic carbocycles. The van der Waals surface area contributed by atoms with E-state index in [1.165, 1.54) is 11.3 Å². The molecule has 0 radical (unpaired) electrons. The molecule has 2 aromatic rings. The molecule has 0 atom stereocenters. The summed E-state index contributed by atoms with van der Waals surface area (Å²) in [6, 6.07) is 5.51. The third-order valence-corrected chi connectivity index (χ3v) is 6.34. The number of para-hydroxylation sites is 1. The van der Waals surface area contributed by atoms with Gasteiger partial charge in [0.2, 0.25) is 11.7 Å². The number of carbonyl (C=O) groups is 1. The predicted octanol–water partition coefficient (Wildman–Crippen LogP) is 4.29.